The Kier molecular flexibility index (Phi) is 6.89. The lowest BCUT2D eigenvalue weighted by Crippen LogP contribution is -2.43. The SMILES string of the molecule is CC[C@H](C)NC(=O)CN(c1cccc(Cl)c1C)S(=O)(=O)c1ccc(C)cc1. The molecule has 0 aliphatic heterocycles. The molecule has 0 saturated heterocycles. The number of hydrogen-bond donors (Lipinski definition) is 1. The van der Waals surface area contributed by atoms with Crippen molar-refractivity contribution in [2.75, 3.05) is 10.8 Å². The highest BCUT2D eigenvalue weighted by molar-refractivity contribution is 7.92. The highest BCUT2D eigenvalue weighted by Crippen LogP contribution is 2.30. The molecule has 1 N–H and O–H groups in total. The van der Waals surface area contributed by atoms with E-state index >= 15 is 0 Å². The third-order valence-electron chi connectivity index (χ3n) is 4.42. The van der Waals surface area contributed by atoms with E-state index in [1.54, 1.807) is 49.4 Å². The number of benzene rings is 2. The number of carbonyl (C=O) groups is 1. The monoisotopic (exact) mass is 408 g/mol. The average molecular weight is 409 g/mol. The summed E-state index contributed by atoms with van der Waals surface area (Å²) in [7, 11) is -3.93. The number of aryl methyl sites for hydroxylation is 1. The molecule has 0 saturated carbocycles. The molecule has 0 aliphatic carbocycles. The fraction of sp³-hybridized carbons (Fsp3) is 0.350. The van der Waals surface area contributed by atoms with Gasteiger partial charge in [-0.25, -0.2) is 8.42 Å². The zero-order chi connectivity index (χ0) is 20.2. The molecule has 2 aromatic carbocycles. The molecule has 2 rings (SSSR count). The summed E-state index contributed by atoms with van der Waals surface area (Å²) < 4.78 is 27.7. The maximum Gasteiger partial charge on any atom is 0.264 e. The molecule has 7 heteroatoms. The Labute approximate surface area is 166 Å². The van der Waals surface area contributed by atoms with Crippen LogP contribution in [0.15, 0.2) is 47.4 Å². The fourth-order valence-corrected chi connectivity index (χ4v) is 4.20. The van der Waals surface area contributed by atoms with Crippen molar-refractivity contribution in [1.29, 1.82) is 0 Å². The van der Waals surface area contributed by atoms with Gasteiger partial charge >= 0.3 is 0 Å². The van der Waals surface area contributed by atoms with Gasteiger partial charge in [0, 0.05) is 11.1 Å². The molecule has 0 fully saturated rings. The average Bonchev–Trinajstić information content (AvgIpc) is 2.62. The first-order chi connectivity index (χ1) is 12.7. The molecule has 2 aromatic rings. The number of carbonyl (C=O) groups excluding carboxylic acids is 1. The summed E-state index contributed by atoms with van der Waals surface area (Å²) in [6.45, 7) is 7.13. The molecule has 1 amide bonds. The zero-order valence-electron chi connectivity index (χ0n) is 16.0. The van der Waals surface area contributed by atoms with Crippen LogP contribution in [0.25, 0.3) is 0 Å². The molecular weight excluding hydrogens is 384 g/mol. The predicted octanol–water partition coefficient (Wildman–Crippen LogP) is 4.07. The maximum absolute atomic E-state index is 13.3. The van der Waals surface area contributed by atoms with Crippen molar-refractivity contribution < 1.29 is 13.2 Å². The summed E-state index contributed by atoms with van der Waals surface area (Å²) in [5.41, 5.74) is 1.95. The van der Waals surface area contributed by atoms with E-state index in [4.69, 9.17) is 11.6 Å². The lowest BCUT2D eigenvalue weighted by atomic mass is 10.2. The lowest BCUT2D eigenvalue weighted by Gasteiger charge is -2.26. The molecule has 27 heavy (non-hydrogen) atoms. The van der Waals surface area contributed by atoms with Gasteiger partial charge in [-0.15, -0.1) is 0 Å². The predicted molar refractivity (Wildman–Crippen MR) is 110 cm³/mol. The van der Waals surface area contributed by atoms with Gasteiger partial charge in [-0.05, 0) is 57.0 Å². The number of hydrogen-bond acceptors (Lipinski definition) is 3. The van der Waals surface area contributed by atoms with Crippen molar-refractivity contribution >= 4 is 33.2 Å². The van der Waals surface area contributed by atoms with Gasteiger partial charge in [0.1, 0.15) is 6.54 Å². The molecule has 0 aliphatic rings. The van der Waals surface area contributed by atoms with Crippen LogP contribution in [0.4, 0.5) is 5.69 Å². The van der Waals surface area contributed by atoms with E-state index in [1.807, 2.05) is 20.8 Å². The van der Waals surface area contributed by atoms with Gasteiger partial charge in [-0.3, -0.25) is 9.10 Å². The highest BCUT2D eigenvalue weighted by Gasteiger charge is 2.29. The van der Waals surface area contributed by atoms with Crippen molar-refractivity contribution in [2.24, 2.45) is 0 Å². The van der Waals surface area contributed by atoms with E-state index < -0.39 is 10.0 Å². The van der Waals surface area contributed by atoms with Gasteiger partial charge in [0.2, 0.25) is 5.91 Å². The van der Waals surface area contributed by atoms with E-state index in [0.29, 0.717) is 16.3 Å². The van der Waals surface area contributed by atoms with Gasteiger partial charge in [0.25, 0.3) is 10.0 Å². The topological polar surface area (TPSA) is 66.5 Å². The third kappa shape index (κ3) is 5.02. The van der Waals surface area contributed by atoms with Crippen molar-refractivity contribution in [3.05, 3.63) is 58.6 Å². The van der Waals surface area contributed by atoms with Crippen LogP contribution in [0, 0.1) is 13.8 Å². The number of amides is 1. The minimum Gasteiger partial charge on any atom is -0.352 e. The molecule has 0 aromatic heterocycles. The van der Waals surface area contributed by atoms with E-state index in [1.165, 1.54) is 0 Å². The number of anilines is 1. The molecule has 0 unspecified atom stereocenters. The van der Waals surface area contributed by atoms with Crippen molar-refractivity contribution in [3.63, 3.8) is 0 Å². The van der Waals surface area contributed by atoms with E-state index in [9.17, 15) is 13.2 Å². The molecule has 5 nitrogen and oxygen atoms in total. The van der Waals surface area contributed by atoms with Crippen LogP contribution in [-0.4, -0.2) is 26.9 Å². The number of sulfonamides is 1. The molecule has 1 atom stereocenters. The smallest absolute Gasteiger partial charge is 0.264 e. The van der Waals surface area contributed by atoms with Gasteiger partial charge < -0.3 is 5.32 Å². The quantitative estimate of drug-likeness (QED) is 0.751. The minimum atomic E-state index is -3.93. The van der Waals surface area contributed by atoms with E-state index in [-0.39, 0.29) is 23.4 Å². The van der Waals surface area contributed by atoms with Crippen molar-refractivity contribution in [3.8, 4) is 0 Å². The van der Waals surface area contributed by atoms with Crippen LogP contribution in [0.5, 0.6) is 0 Å². The van der Waals surface area contributed by atoms with Gasteiger partial charge in [0.05, 0.1) is 10.6 Å². The van der Waals surface area contributed by atoms with Gasteiger partial charge in [-0.1, -0.05) is 42.3 Å². The molecule has 0 spiro atoms. The summed E-state index contributed by atoms with van der Waals surface area (Å²) in [6, 6.07) is 11.5. The Morgan fingerprint density at radius 3 is 2.37 bits per heavy atom. The third-order valence-corrected chi connectivity index (χ3v) is 6.61. The first-order valence-corrected chi connectivity index (χ1v) is 10.6. The largest absolute Gasteiger partial charge is 0.352 e. The van der Waals surface area contributed by atoms with Crippen LogP contribution in [0.3, 0.4) is 0 Å². The summed E-state index contributed by atoms with van der Waals surface area (Å²) in [5.74, 6) is -0.362. The Bertz CT molecular complexity index is 911. The Morgan fingerprint density at radius 2 is 1.78 bits per heavy atom. The minimum absolute atomic E-state index is 0.0399. The molecular formula is C20H25ClN2O3S. The fourth-order valence-electron chi connectivity index (χ4n) is 2.56. The highest BCUT2D eigenvalue weighted by atomic mass is 35.5. The number of nitrogens with zero attached hydrogens (tertiary/aromatic N) is 1. The summed E-state index contributed by atoms with van der Waals surface area (Å²) in [4.78, 5) is 12.6. The first-order valence-electron chi connectivity index (χ1n) is 8.80. The molecule has 0 bridgehead atoms. The zero-order valence-corrected chi connectivity index (χ0v) is 17.6. The van der Waals surface area contributed by atoms with Crippen LogP contribution in [0.2, 0.25) is 5.02 Å². The number of rotatable bonds is 7. The second kappa shape index (κ2) is 8.76. The molecule has 0 radical (unpaired) electrons. The van der Waals surface area contributed by atoms with Crippen LogP contribution in [0.1, 0.15) is 31.4 Å². The van der Waals surface area contributed by atoms with Crippen LogP contribution >= 0.6 is 11.6 Å². The Morgan fingerprint density at radius 1 is 1.15 bits per heavy atom. The van der Waals surface area contributed by atoms with Gasteiger partial charge in [-0.2, -0.15) is 0 Å². The molecule has 146 valence electrons. The van der Waals surface area contributed by atoms with Crippen LogP contribution in [-0.2, 0) is 14.8 Å². The summed E-state index contributed by atoms with van der Waals surface area (Å²) >= 11 is 6.20. The van der Waals surface area contributed by atoms with Crippen LogP contribution < -0.4 is 9.62 Å². The lowest BCUT2D eigenvalue weighted by molar-refractivity contribution is -0.120. The second-order valence-electron chi connectivity index (χ2n) is 6.59. The van der Waals surface area contributed by atoms with Crippen molar-refractivity contribution in [1.82, 2.24) is 5.32 Å². The van der Waals surface area contributed by atoms with E-state index in [2.05, 4.69) is 5.32 Å². The van der Waals surface area contributed by atoms with E-state index in [0.717, 1.165) is 16.3 Å². The normalized spacial score (nSPS) is 12.5. The van der Waals surface area contributed by atoms with Crippen molar-refractivity contribution in [2.45, 2.75) is 45.1 Å². The number of halogens is 1. The standard InChI is InChI=1S/C20H25ClN2O3S/c1-5-15(3)22-20(24)13-23(19-8-6-7-18(21)16(19)4)27(25,26)17-11-9-14(2)10-12-17/h6-12,15H,5,13H2,1-4H3,(H,22,24)/t15-/m0/s1. The molecule has 0 heterocycles. The Balaban J connectivity index is 2.50. The summed E-state index contributed by atoms with van der Waals surface area (Å²) in [6.07, 6.45) is 0.757. The van der Waals surface area contributed by atoms with Gasteiger partial charge in [0.15, 0.2) is 0 Å². The summed E-state index contributed by atoms with van der Waals surface area (Å²) in [5, 5.41) is 3.26. The maximum atomic E-state index is 13.3. The number of nitrogens with one attached hydrogen (secondary N) is 1. The first kappa shape index (κ1) is 21.3. The Hall–Kier alpha value is -2.05. The second-order valence-corrected chi connectivity index (χ2v) is 8.86.